The number of hydrogen-bond acceptors (Lipinski definition) is 3. The SMILES string of the molecule is N#CC(NC(=O)CCl)C(=O)Nc1ccccc1. The molecule has 0 radical (unpaired) electrons. The lowest BCUT2D eigenvalue weighted by atomic mass is 10.2. The Labute approximate surface area is 103 Å². The topological polar surface area (TPSA) is 82.0 Å². The molecule has 6 heteroatoms. The molecule has 17 heavy (non-hydrogen) atoms. The molecule has 1 atom stereocenters. The second-order valence-corrected chi connectivity index (χ2v) is 3.39. The first-order valence-corrected chi connectivity index (χ1v) is 5.31. The Balaban J connectivity index is 2.62. The summed E-state index contributed by atoms with van der Waals surface area (Å²) in [7, 11) is 0. The number of anilines is 1. The van der Waals surface area contributed by atoms with Crippen LogP contribution in [-0.4, -0.2) is 23.7 Å². The van der Waals surface area contributed by atoms with Crippen LogP contribution in [0, 0.1) is 11.3 Å². The van der Waals surface area contributed by atoms with E-state index in [0.29, 0.717) is 5.69 Å². The van der Waals surface area contributed by atoms with Gasteiger partial charge in [-0.05, 0) is 12.1 Å². The number of carbonyl (C=O) groups is 2. The molecule has 1 unspecified atom stereocenters. The summed E-state index contributed by atoms with van der Waals surface area (Å²) in [5.41, 5.74) is 0.554. The third-order valence-electron chi connectivity index (χ3n) is 1.86. The molecule has 0 aliphatic rings. The van der Waals surface area contributed by atoms with Crippen LogP contribution in [0.3, 0.4) is 0 Å². The molecule has 88 valence electrons. The van der Waals surface area contributed by atoms with Crippen LogP contribution in [0.4, 0.5) is 5.69 Å². The predicted molar refractivity (Wildman–Crippen MR) is 63.3 cm³/mol. The summed E-state index contributed by atoms with van der Waals surface area (Å²) in [6, 6.07) is 9.08. The van der Waals surface area contributed by atoms with Crippen LogP contribution in [0.15, 0.2) is 30.3 Å². The van der Waals surface area contributed by atoms with E-state index in [9.17, 15) is 9.59 Å². The van der Waals surface area contributed by atoms with E-state index in [1.54, 1.807) is 36.4 Å². The third-order valence-corrected chi connectivity index (χ3v) is 2.10. The van der Waals surface area contributed by atoms with E-state index in [0.717, 1.165) is 0 Å². The molecule has 1 aromatic rings. The monoisotopic (exact) mass is 251 g/mol. The molecule has 1 aromatic carbocycles. The maximum Gasteiger partial charge on any atom is 0.261 e. The van der Waals surface area contributed by atoms with Gasteiger partial charge in [0.15, 0.2) is 6.04 Å². The van der Waals surface area contributed by atoms with Crippen LogP contribution >= 0.6 is 11.6 Å². The predicted octanol–water partition coefficient (Wildman–Crippen LogP) is 0.872. The number of halogens is 1. The van der Waals surface area contributed by atoms with Gasteiger partial charge in [-0.15, -0.1) is 11.6 Å². The van der Waals surface area contributed by atoms with E-state index in [-0.39, 0.29) is 5.88 Å². The van der Waals surface area contributed by atoms with Crippen molar-refractivity contribution in [3.63, 3.8) is 0 Å². The van der Waals surface area contributed by atoms with Crippen LogP contribution in [0.2, 0.25) is 0 Å². The fourth-order valence-electron chi connectivity index (χ4n) is 1.09. The highest BCUT2D eigenvalue weighted by Crippen LogP contribution is 2.05. The summed E-state index contributed by atoms with van der Waals surface area (Å²) in [5, 5.41) is 13.4. The standard InChI is InChI=1S/C11H10ClN3O2/c12-6-10(16)15-9(7-13)11(17)14-8-4-2-1-3-5-8/h1-5,9H,6H2,(H,14,17)(H,15,16). The van der Waals surface area contributed by atoms with Crippen molar-refractivity contribution in [2.24, 2.45) is 0 Å². The Bertz CT molecular complexity index is 442. The molecule has 0 aliphatic heterocycles. The van der Waals surface area contributed by atoms with Crippen LogP contribution < -0.4 is 10.6 Å². The fourth-order valence-corrected chi connectivity index (χ4v) is 1.17. The van der Waals surface area contributed by atoms with Crippen molar-refractivity contribution < 1.29 is 9.59 Å². The molecule has 0 saturated heterocycles. The number of hydrogen-bond donors (Lipinski definition) is 2. The van der Waals surface area contributed by atoms with Gasteiger partial charge in [0, 0.05) is 5.69 Å². The Morgan fingerprint density at radius 2 is 2.00 bits per heavy atom. The Kier molecular flexibility index (Phi) is 4.98. The second kappa shape index (κ2) is 6.51. The van der Waals surface area contributed by atoms with E-state index in [1.807, 2.05) is 0 Å². The quantitative estimate of drug-likeness (QED) is 0.779. The molecule has 5 nitrogen and oxygen atoms in total. The normalized spacial score (nSPS) is 11.1. The first-order chi connectivity index (χ1) is 8.17. The summed E-state index contributed by atoms with van der Waals surface area (Å²) in [5.74, 6) is -1.46. The van der Waals surface area contributed by atoms with Gasteiger partial charge in [-0.25, -0.2) is 0 Å². The molecule has 0 saturated carbocycles. The molecule has 0 bridgehead atoms. The number of rotatable bonds is 4. The molecule has 0 heterocycles. The van der Waals surface area contributed by atoms with Gasteiger partial charge in [0.05, 0.1) is 6.07 Å². The smallest absolute Gasteiger partial charge is 0.261 e. The maximum absolute atomic E-state index is 11.6. The van der Waals surface area contributed by atoms with E-state index < -0.39 is 17.9 Å². The fraction of sp³-hybridized carbons (Fsp3) is 0.182. The van der Waals surface area contributed by atoms with Crippen molar-refractivity contribution in [1.82, 2.24) is 5.32 Å². The largest absolute Gasteiger partial charge is 0.332 e. The lowest BCUT2D eigenvalue weighted by molar-refractivity contribution is -0.123. The highest BCUT2D eigenvalue weighted by molar-refractivity contribution is 6.27. The number of benzene rings is 1. The van der Waals surface area contributed by atoms with Crippen molar-refractivity contribution in [2.75, 3.05) is 11.2 Å². The van der Waals surface area contributed by atoms with Crippen LogP contribution in [-0.2, 0) is 9.59 Å². The van der Waals surface area contributed by atoms with E-state index in [1.165, 1.54) is 0 Å². The van der Waals surface area contributed by atoms with E-state index in [2.05, 4.69) is 10.6 Å². The molecule has 0 fully saturated rings. The van der Waals surface area contributed by atoms with E-state index >= 15 is 0 Å². The minimum absolute atomic E-state index is 0.295. The van der Waals surface area contributed by atoms with Gasteiger partial charge < -0.3 is 10.6 Å². The van der Waals surface area contributed by atoms with Crippen LogP contribution in [0.1, 0.15) is 0 Å². The number of para-hydroxylation sites is 1. The zero-order chi connectivity index (χ0) is 12.7. The van der Waals surface area contributed by atoms with Gasteiger partial charge in [0.25, 0.3) is 5.91 Å². The molecule has 0 aromatic heterocycles. The zero-order valence-electron chi connectivity index (χ0n) is 8.81. The summed E-state index contributed by atoms with van der Waals surface area (Å²) < 4.78 is 0. The van der Waals surface area contributed by atoms with Gasteiger partial charge in [-0.1, -0.05) is 18.2 Å². The number of carbonyl (C=O) groups excluding carboxylic acids is 2. The van der Waals surface area contributed by atoms with Crippen molar-refractivity contribution in [2.45, 2.75) is 6.04 Å². The molecule has 0 aliphatic carbocycles. The van der Waals surface area contributed by atoms with Crippen LogP contribution in [0.25, 0.3) is 0 Å². The number of amides is 2. The third kappa shape index (κ3) is 4.13. The first kappa shape index (κ1) is 13.0. The minimum atomic E-state index is -1.25. The first-order valence-electron chi connectivity index (χ1n) is 4.78. The molecule has 2 amide bonds. The zero-order valence-corrected chi connectivity index (χ0v) is 9.57. The number of nitrogens with zero attached hydrogens (tertiary/aromatic N) is 1. The van der Waals surface area contributed by atoms with Gasteiger partial charge in [0.1, 0.15) is 5.88 Å². The van der Waals surface area contributed by atoms with Crippen molar-refractivity contribution in [3.05, 3.63) is 30.3 Å². The highest BCUT2D eigenvalue weighted by atomic mass is 35.5. The number of alkyl halides is 1. The summed E-state index contributed by atoms with van der Waals surface area (Å²) in [6.07, 6.45) is 0. The van der Waals surface area contributed by atoms with Gasteiger partial charge in [-0.3, -0.25) is 9.59 Å². The van der Waals surface area contributed by atoms with Gasteiger partial charge >= 0.3 is 0 Å². The Hall–Kier alpha value is -2.06. The molecular weight excluding hydrogens is 242 g/mol. The van der Waals surface area contributed by atoms with E-state index in [4.69, 9.17) is 16.9 Å². The Morgan fingerprint density at radius 1 is 1.35 bits per heavy atom. The lowest BCUT2D eigenvalue weighted by Crippen LogP contribution is -2.43. The Morgan fingerprint density at radius 3 is 2.53 bits per heavy atom. The van der Waals surface area contributed by atoms with Crippen molar-refractivity contribution in [1.29, 1.82) is 5.26 Å². The maximum atomic E-state index is 11.6. The van der Waals surface area contributed by atoms with Crippen molar-refractivity contribution >= 4 is 29.1 Å². The van der Waals surface area contributed by atoms with Gasteiger partial charge in [-0.2, -0.15) is 5.26 Å². The molecule has 2 N–H and O–H groups in total. The van der Waals surface area contributed by atoms with Crippen molar-refractivity contribution in [3.8, 4) is 6.07 Å². The highest BCUT2D eigenvalue weighted by Gasteiger charge is 2.19. The van der Waals surface area contributed by atoms with Crippen LogP contribution in [0.5, 0.6) is 0 Å². The lowest BCUT2D eigenvalue weighted by Gasteiger charge is -2.10. The average molecular weight is 252 g/mol. The number of nitriles is 1. The summed E-state index contributed by atoms with van der Waals surface area (Å²) in [4.78, 5) is 22.6. The second-order valence-electron chi connectivity index (χ2n) is 3.12. The molecular formula is C11H10ClN3O2. The number of nitrogens with one attached hydrogen (secondary N) is 2. The minimum Gasteiger partial charge on any atom is -0.332 e. The van der Waals surface area contributed by atoms with Gasteiger partial charge in [0.2, 0.25) is 5.91 Å². The average Bonchev–Trinajstić information content (AvgIpc) is 2.36. The summed E-state index contributed by atoms with van der Waals surface area (Å²) >= 11 is 5.26. The summed E-state index contributed by atoms with van der Waals surface area (Å²) in [6.45, 7) is 0. The molecule has 1 rings (SSSR count). The molecule has 0 spiro atoms.